The van der Waals surface area contributed by atoms with Crippen LogP contribution in [-0.2, 0) is 17.8 Å². The Bertz CT molecular complexity index is 1170. The van der Waals surface area contributed by atoms with Gasteiger partial charge in [0.2, 0.25) is 5.91 Å². The lowest BCUT2D eigenvalue weighted by Gasteiger charge is -2.12. The molecule has 0 atom stereocenters. The van der Waals surface area contributed by atoms with E-state index in [-0.39, 0.29) is 24.5 Å². The zero-order chi connectivity index (χ0) is 23.6. The molecule has 0 unspecified atom stereocenters. The van der Waals surface area contributed by atoms with Crippen LogP contribution < -0.4 is 14.9 Å². The predicted octanol–water partition coefficient (Wildman–Crippen LogP) is 4.40. The van der Waals surface area contributed by atoms with Gasteiger partial charge in [-0.15, -0.1) is 0 Å². The molecular formula is C24H22FN3O5. The average Bonchev–Trinajstić information content (AvgIpc) is 2.79. The van der Waals surface area contributed by atoms with Gasteiger partial charge in [0, 0.05) is 11.6 Å². The van der Waals surface area contributed by atoms with Crippen molar-refractivity contribution in [3.05, 3.63) is 99.4 Å². The second-order valence-corrected chi connectivity index (χ2v) is 6.91. The molecule has 0 fully saturated rings. The fourth-order valence-electron chi connectivity index (χ4n) is 3.01. The number of hydrogen-bond acceptors (Lipinski definition) is 6. The number of carbonyl (C=O) groups is 1. The Morgan fingerprint density at radius 1 is 1.09 bits per heavy atom. The highest BCUT2D eigenvalue weighted by Crippen LogP contribution is 2.29. The highest BCUT2D eigenvalue weighted by atomic mass is 19.1. The molecular weight excluding hydrogens is 429 g/mol. The van der Waals surface area contributed by atoms with Crippen molar-refractivity contribution in [2.24, 2.45) is 5.10 Å². The molecule has 0 heterocycles. The summed E-state index contributed by atoms with van der Waals surface area (Å²) in [4.78, 5) is 22.7. The van der Waals surface area contributed by atoms with Gasteiger partial charge in [0.1, 0.15) is 12.4 Å². The van der Waals surface area contributed by atoms with Crippen molar-refractivity contribution >= 4 is 17.8 Å². The van der Waals surface area contributed by atoms with Crippen LogP contribution in [0.3, 0.4) is 0 Å². The molecule has 0 aliphatic heterocycles. The molecule has 0 radical (unpaired) electrons. The summed E-state index contributed by atoms with van der Waals surface area (Å²) < 4.78 is 24.7. The zero-order valence-corrected chi connectivity index (χ0v) is 17.9. The van der Waals surface area contributed by atoms with Gasteiger partial charge in [0.15, 0.2) is 11.5 Å². The van der Waals surface area contributed by atoms with E-state index in [4.69, 9.17) is 9.47 Å². The fraction of sp³-hybridized carbons (Fsp3) is 0.167. The number of rotatable bonds is 10. The first-order valence-electron chi connectivity index (χ1n) is 10.1. The number of nitro benzene ring substituents is 1. The Kier molecular flexibility index (Phi) is 8.07. The maximum atomic E-state index is 13.3. The lowest BCUT2D eigenvalue weighted by atomic mass is 10.1. The number of benzene rings is 3. The Morgan fingerprint density at radius 2 is 1.91 bits per heavy atom. The molecule has 170 valence electrons. The van der Waals surface area contributed by atoms with Gasteiger partial charge < -0.3 is 9.47 Å². The monoisotopic (exact) mass is 451 g/mol. The Morgan fingerprint density at radius 3 is 2.67 bits per heavy atom. The third-order valence-electron chi connectivity index (χ3n) is 4.49. The fourth-order valence-corrected chi connectivity index (χ4v) is 3.01. The van der Waals surface area contributed by atoms with Gasteiger partial charge in [-0.3, -0.25) is 14.9 Å². The second kappa shape index (κ2) is 11.4. The summed E-state index contributed by atoms with van der Waals surface area (Å²) in [6, 6.07) is 17.3. The molecule has 8 nitrogen and oxygen atoms in total. The third-order valence-corrected chi connectivity index (χ3v) is 4.49. The molecule has 3 aromatic rings. The minimum absolute atomic E-state index is 0.119. The first kappa shape index (κ1) is 23.4. The van der Waals surface area contributed by atoms with Crippen LogP contribution in [0.5, 0.6) is 11.5 Å². The number of ether oxygens (including phenoxy) is 2. The molecule has 0 aliphatic rings. The Labute approximate surface area is 189 Å². The van der Waals surface area contributed by atoms with E-state index in [2.05, 4.69) is 10.5 Å². The second-order valence-electron chi connectivity index (χ2n) is 6.91. The van der Waals surface area contributed by atoms with Crippen LogP contribution in [0.15, 0.2) is 71.8 Å². The van der Waals surface area contributed by atoms with Crippen LogP contribution in [0, 0.1) is 15.9 Å². The van der Waals surface area contributed by atoms with E-state index in [1.54, 1.807) is 42.5 Å². The summed E-state index contributed by atoms with van der Waals surface area (Å²) in [7, 11) is 0. The van der Waals surface area contributed by atoms with Gasteiger partial charge in [-0.25, -0.2) is 9.82 Å². The molecule has 0 spiro atoms. The minimum Gasteiger partial charge on any atom is -0.490 e. The van der Waals surface area contributed by atoms with Gasteiger partial charge in [-0.1, -0.05) is 30.3 Å². The average molecular weight is 451 g/mol. The summed E-state index contributed by atoms with van der Waals surface area (Å²) in [5.41, 5.74) is 3.87. The van der Waals surface area contributed by atoms with Gasteiger partial charge in [-0.05, 0) is 48.4 Å². The Hall–Kier alpha value is -4.27. The summed E-state index contributed by atoms with van der Waals surface area (Å²) in [5, 5.41) is 15.0. The predicted molar refractivity (Wildman–Crippen MR) is 121 cm³/mol. The smallest absolute Gasteiger partial charge is 0.273 e. The van der Waals surface area contributed by atoms with E-state index in [0.717, 1.165) is 0 Å². The molecule has 0 saturated carbocycles. The number of nitrogens with zero attached hydrogens (tertiary/aromatic N) is 2. The van der Waals surface area contributed by atoms with Gasteiger partial charge in [0.05, 0.1) is 24.2 Å². The van der Waals surface area contributed by atoms with Gasteiger partial charge in [0.25, 0.3) is 5.69 Å². The topological polar surface area (TPSA) is 103 Å². The molecule has 9 heteroatoms. The third kappa shape index (κ3) is 6.86. The van der Waals surface area contributed by atoms with Crippen LogP contribution in [0.4, 0.5) is 10.1 Å². The molecule has 0 aliphatic carbocycles. The SMILES string of the molecule is CCOc1cc(C=NNC(=O)Cc2ccccc2[N+](=O)[O-])ccc1OCc1cccc(F)c1. The maximum Gasteiger partial charge on any atom is 0.273 e. The van der Waals surface area contributed by atoms with Crippen LogP contribution >= 0.6 is 0 Å². The minimum atomic E-state index is -0.529. The van der Waals surface area contributed by atoms with E-state index >= 15 is 0 Å². The number of nitro groups is 1. The standard InChI is InChI=1S/C24H22FN3O5/c1-2-32-23-13-17(10-11-22(23)33-16-18-6-5-8-20(25)12-18)15-26-27-24(29)14-19-7-3-4-9-21(19)28(30)31/h3-13,15H,2,14,16H2,1H3,(H,27,29). The molecule has 1 N–H and O–H groups in total. The largest absolute Gasteiger partial charge is 0.490 e. The van der Waals surface area contributed by atoms with Crippen molar-refractivity contribution in [1.82, 2.24) is 5.43 Å². The van der Waals surface area contributed by atoms with Crippen LogP contribution in [0.2, 0.25) is 0 Å². The highest BCUT2D eigenvalue weighted by Gasteiger charge is 2.15. The van der Waals surface area contributed by atoms with Crippen molar-refractivity contribution in [1.29, 1.82) is 0 Å². The summed E-state index contributed by atoms with van der Waals surface area (Å²) in [6.45, 7) is 2.41. The lowest BCUT2D eigenvalue weighted by Crippen LogP contribution is -2.20. The van der Waals surface area contributed by atoms with Crippen LogP contribution in [-0.4, -0.2) is 23.7 Å². The van der Waals surface area contributed by atoms with Crippen molar-refractivity contribution < 1.29 is 23.6 Å². The van der Waals surface area contributed by atoms with E-state index in [1.807, 2.05) is 6.92 Å². The van der Waals surface area contributed by atoms with Gasteiger partial charge >= 0.3 is 0 Å². The zero-order valence-electron chi connectivity index (χ0n) is 17.9. The molecule has 3 aromatic carbocycles. The van der Waals surface area contributed by atoms with Crippen molar-refractivity contribution in [2.45, 2.75) is 20.0 Å². The van der Waals surface area contributed by atoms with Crippen LogP contribution in [0.25, 0.3) is 0 Å². The van der Waals surface area contributed by atoms with E-state index < -0.39 is 10.8 Å². The number of hydrazone groups is 1. The number of carbonyl (C=O) groups excluding carboxylic acids is 1. The van der Waals surface area contributed by atoms with Crippen LogP contribution in [0.1, 0.15) is 23.6 Å². The van der Waals surface area contributed by atoms with E-state index in [1.165, 1.54) is 30.5 Å². The van der Waals surface area contributed by atoms with E-state index in [9.17, 15) is 19.3 Å². The molecule has 33 heavy (non-hydrogen) atoms. The maximum absolute atomic E-state index is 13.3. The van der Waals surface area contributed by atoms with Crippen molar-refractivity contribution in [2.75, 3.05) is 6.61 Å². The first-order chi connectivity index (χ1) is 16.0. The summed E-state index contributed by atoms with van der Waals surface area (Å²) >= 11 is 0. The number of nitrogens with one attached hydrogen (secondary N) is 1. The molecule has 3 rings (SSSR count). The summed E-state index contributed by atoms with van der Waals surface area (Å²) in [6.07, 6.45) is 1.25. The Balaban J connectivity index is 1.62. The van der Waals surface area contributed by atoms with E-state index in [0.29, 0.717) is 34.8 Å². The summed E-state index contributed by atoms with van der Waals surface area (Å²) in [5.74, 6) is 0.139. The quantitative estimate of drug-likeness (QED) is 0.280. The molecule has 0 aromatic heterocycles. The number of para-hydroxylation sites is 1. The normalized spacial score (nSPS) is 10.7. The highest BCUT2D eigenvalue weighted by molar-refractivity contribution is 5.84. The molecule has 1 amide bonds. The van der Waals surface area contributed by atoms with Crippen molar-refractivity contribution in [3.8, 4) is 11.5 Å². The number of hydrogen-bond donors (Lipinski definition) is 1. The first-order valence-corrected chi connectivity index (χ1v) is 10.1. The molecule has 0 bridgehead atoms. The van der Waals surface area contributed by atoms with Gasteiger partial charge in [-0.2, -0.15) is 5.10 Å². The lowest BCUT2D eigenvalue weighted by molar-refractivity contribution is -0.385. The number of amides is 1. The molecule has 0 saturated heterocycles. The van der Waals surface area contributed by atoms with Crippen molar-refractivity contribution in [3.63, 3.8) is 0 Å². The number of halogens is 1.